The van der Waals surface area contributed by atoms with Crippen molar-refractivity contribution in [2.45, 2.75) is 38.3 Å². The molecule has 1 atom stereocenters. The Morgan fingerprint density at radius 1 is 1.45 bits per heavy atom. The van der Waals surface area contributed by atoms with E-state index in [0.29, 0.717) is 30.6 Å². The van der Waals surface area contributed by atoms with E-state index >= 15 is 0 Å². The largest absolute Gasteiger partial charge is 0.493 e. The zero-order chi connectivity index (χ0) is 14.5. The lowest BCUT2D eigenvalue weighted by atomic mass is 10.1. The molecule has 0 aromatic heterocycles. The van der Waals surface area contributed by atoms with E-state index < -0.39 is 6.10 Å². The SMILES string of the molecule is COc1cc([C@@H](C)O)ccc1OCCC(=O)NC1CC1. The molecular weight excluding hydrogens is 258 g/mol. The molecular formula is C15H21NO4. The molecule has 1 fully saturated rings. The molecule has 0 aliphatic heterocycles. The number of aliphatic hydroxyl groups is 1. The van der Waals surface area contributed by atoms with Gasteiger partial charge in [0, 0.05) is 6.04 Å². The maximum absolute atomic E-state index is 11.5. The van der Waals surface area contributed by atoms with Crippen LogP contribution in [-0.4, -0.2) is 30.8 Å². The normalized spacial score (nSPS) is 15.6. The summed E-state index contributed by atoms with van der Waals surface area (Å²) in [4.78, 5) is 11.5. The maximum atomic E-state index is 11.5. The summed E-state index contributed by atoms with van der Waals surface area (Å²) < 4.78 is 10.8. The van der Waals surface area contributed by atoms with Crippen LogP contribution in [0.3, 0.4) is 0 Å². The molecule has 2 rings (SSSR count). The van der Waals surface area contributed by atoms with Gasteiger partial charge in [0.1, 0.15) is 0 Å². The Bertz CT molecular complexity index is 469. The number of hydrogen-bond acceptors (Lipinski definition) is 4. The highest BCUT2D eigenvalue weighted by Crippen LogP contribution is 2.30. The summed E-state index contributed by atoms with van der Waals surface area (Å²) in [5.41, 5.74) is 0.765. The van der Waals surface area contributed by atoms with E-state index in [1.54, 1.807) is 32.2 Å². The third kappa shape index (κ3) is 4.13. The van der Waals surface area contributed by atoms with Gasteiger partial charge in [0.05, 0.1) is 26.2 Å². The number of ether oxygens (including phenoxy) is 2. The fourth-order valence-electron chi connectivity index (χ4n) is 1.84. The predicted molar refractivity (Wildman–Crippen MR) is 74.9 cm³/mol. The van der Waals surface area contributed by atoms with Crippen molar-refractivity contribution in [3.63, 3.8) is 0 Å². The summed E-state index contributed by atoms with van der Waals surface area (Å²) in [6, 6.07) is 5.65. The van der Waals surface area contributed by atoms with Crippen molar-refractivity contribution in [2.24, 2.45) is 0 Å². The van der Waals surface area contributed by atoms with Crippen LogP contribution in [0.4, 0.5) is 0 Å². The third-order valence-corrected chi connectivity index (χ3v) is 3.20. The molecule has 1 aliphatic rings. The molecule has 0 heterocycles. The molecule has 0 bridgehead atoms. The summed E-state index contributed by atoms with van der Waals surface area (Å²) in [7, 11) is 1.55. The maximum Gasteiger partial charge on any atom is 0.223 e. The van der Waals surface area contributed by atoms with E-state index in [1.165, 1.54) is 0 Å². The van der Waals surface area contributed by atoms with E-state index in [9.17, 15) is 9.90 Å². The Balaban J connectivity index is 1.86. The summed E-state index contributed by atoms with van der Waals surface area (Å²) in [5, 5.41) is 12.4. The highest BCUT2D eigenvalue weighted by atomic mass is 16.5. The standard InChI is InChI=1S/C15H21NO4/c1-10(17)11-3-6-13(14(9-11)19-2)20-8-7-15(18)16-12-4-5-12/h3,6,9-10,12,17H,4-5,7-8H2,1-2H3,(H,16,18)/t10-/m1/s1. The molecule has 1 aliphatic carbocycles. The van der Waals surface area contributed by atoms with E-state index in [4.69, 9.17) is 9.47 Å². The summed E-state index contributed by atoms with van der Waals surface area (Å²) >= 11 is 0. The summed E-state index contributed by atoms with van der Waals surface area (Å²) in [5.74, 6) is 1.16. The Kier molecular flexibility index (Phi) is 4.84. The Morgan fingerprint density at radius 3 is 2.80 bits per heavy atom. The van der Waals surface area contributed by atoms with Crippen molar-refractivity contribution in [2.75, 3.05) is 13.7 Å². The first kappa shape index (κ1) is 14.7. The monoisotopic (exact) mass is 279 g/mol. The smallest absolute Gasteiger partial charge is 0.223 e. The number of benzene rings is 1. The molecule has 0 radical (unpaired) electrons. The van der Waals surface area contributed by atoms with Gasteiger partial charge in [-0.2, -0.15) is 0 Å². The molecule has 110 valence electrons. The van der Waals surface area contributed by atoms with Crippen LogP contribution < -0.4 is 14.8 Å². The Labute approximate surface area is 118 Å². The van der Waals surface area contributed by atoms with Crippen molar-refractivity contribution < 1.29 is 19.4 Å². The zero-order valence-corrected chi connectivity index (χ0v) is 11.9. The van der Waals surface area contributed by atoms with E-state index in [-0.39, 0.29) is 5.91 Å². The number of amides is 1. The third-order valence-electron chi connectivity index (χ3n) is 3.20. The lowest BCUT2D eigenvalue weighted by Crippen LogP contribution is -2.26. The van der Waals surface area contributed by atoms with Gasteiger partial charge in [0.15, 0.2) is 11.5 Å². The average Bonchev–Trinajstić information content (AvgIpc) is 3.22. The van der Waals surface area contributed by atoms with E-state index in [2.05, 4.69) is 5.32 Å². The van der Waals surface area contributed by atoms with Gasteiger partial charge in [0.25, 0.3) is 0 Å². The highest BCUT2D eigenvalue weighted by molar-refractivity contribution is 5.76. The van der Waals surface area contributed by atoms with Crippen LogP contribution in [-0.2, 0) is 4.79 Å². The molecule has 5 nitrogen and oxygen atoms in total. The first-order valence-corrected chi connectivity index (χ1v) is 6.88. The van der Waals surface area contributed by atoms with Crippen molar-refractivity contribution in [1.82, 2.24) is 5.32 Å². The molecule has 1 aromatic carbocycles. The minimum absolute atomic E-state index is 0.0204. The second-order valence-electron chi connectivity index (χ2n) is 5.03. The van der Waals surface area contributed by atoms with Crippen LogP contribution in [0.15, 0.2) is 18.2 Å². The molecule has 1 saturated carbocycles. The van der Waals surface area contributed by atoms with Crippen LogP contribution in [0.1, 0.15) is 37.9 Å². The van der Waals surface area contributed by atoms with Crippen LogP contribution in [0, 0.1) is 0 Å². The van der Waals surface area contributed by atoms with Gasteiger partial charge >= 0.3 is 0 Å². The van der Waals surface area contributed by atoms with Crippen molar-refractivity contribution in [3.8, 4) is 11.5 Å². The molecule has 0 saturated heterocycles. The van der Waals surface area contributed by atoms with E-state index in [1.807, 2.05) is 0 Å². The Hall–Kier alpha value is -1.75. The zero-order valence-electron chi connectivity index (χ0n) is 11.9. The topological polar surface area (TPSA) is 67.8 Å². The number of aliphatic hydroxyl groups excluding tert-OH is 1. The minimum Gasteiger partial charge on any atom is -0.493 e. The second-order valence-corrected chi connectivity index (χ2v) is 5.03. The van der Waals surface area contributed by atoms with Gasteiger partial charge in [0.2, 0.25) is 5.91 Å². The quantitative estimate of drug-likeness (QED) is 0.798. The van der Waals surface area contributed by atoms with Gasteiger partial charge in [-0.25, -0.2) is 0 Å². The minimum atomic E-state index is -0.553. The number of carbonyl (C=O) groups is 1. The molecule has 1 amide bonds. The summed E-state index contributed by atoms with van der Waals surface area (Å²) in [6.45, 7) is 2.00. The summed E-state index contributed by atoms with van der Waals surface area (Å²) in [6.07, 6.45) is 1.95. The van der Waals surface area contributed by atoms with Crippen molar-refractivity contribution in [1.29, 1.82) is 0 Å². The van der Waals surface area contributed by atoms with Crippen LogP contribution in [0.5, 0.6) is 11.5 Å². The van der Waals surface area contributed by atoms with Crippen LogP contribution >= 0.6 is 0 Å². The van der Waals surface area contributed by atoms with E-state index in [0.717, 1.165) is 18.4 Å². The molecule has 1 aromatic rings. The number of methoxy groups -OCH3 is 1. The predicted octanol–water partition coefficient (Wildman–Crippen LogP) is 1.80. The molecule has 0 unspecified atom stereocenters. The van der Waals surface area contributed by atoms with Gasteiger partial charge in [-0.15, -0.1) is 0 Å². The van der Waals surface area contributed by atoms with Crippen LogP contribution in [0.2, 0.25) is 0 Å². The number of carbonyl (C=O) groups excluding carboxylic acids is 1. The second kappa shape index (κ2) is 6.61. The first-order chi connectivity index (χ1) is 9.60. The number of hydrogen-bond donors (Lipinski definition) is 2. The first-order valence-electron chi connectivity index (χ1n) is 6.88. The highest BCUT2D eigenvalue weighted by Gasteiger charge is 2.22. The van der Waals surface area contributed by atoms with Crippen LogP contribution in [0.25, 0.3) is 0 Å². The lowest BCUT2D eigenvalue weighted by Gasteiger charge is -2.13. The van der Waals surface area contributed by atoms with Gasteiger partial charge in [-0.1, -0.05) is 6.07 Å². The lowest BCUT2D eigenvalue weighted by molar-refractivity contribution is -0.121. The van der Waals surface area contributed by atoms with Crippen molar-refractivity contribution >= 4 is 5.91 Å². The molecule has 0 spiro atoms. The number of nitrogens with one attached hydrogen (secondary N) is 1. The average molecular weight is 279 g/mol. The Morgan fingerprint density at radius 2 is 2.20 bits per heavy atom. The fourth-order valence-corrected chi connectivity index (χ4v) is 1.84. The molecule has 20 heavy (non-hydrogen) atoms. The van der Waals surface area contributed by atoms with Gasteiger partial charge in [-0.3, -0.25) is 4.79 Å². The molecule has 2 N–H and O–H groups in total. The fraction of sp³-hybridized carbons (Fsp3) is 0.533. The van der Waals surface area contributed by atoms with Gasteiger partial charge in [-0.05, 0) is 37.5 Å². The number of rotatable bonds is 7. The van der Waals surface area contributed by atoms with Crippen molar-refractivity contribution in [3.05, 3.63) is 23.8 Å². The van der Waals surface area contributed by atoms with Gasteiger partial charge < -0.3 is 19.9 Å². The molecule has 5 heteroatoms.